The van der Waals surface area contributed by atoms with Crippen molar-refractivity contribution in [3.05, 3.63) is 0 Å². The molecular weight excluding hydrogens is 148 g/mol. The van der Waals surface area contributed by atoms with Crippen molar-refractivity contribution in [1.82, 2.24) is 5.32 Å². The summed E-state index contributed by atoms with van der Waals surface area (Å²) in [6, 6.07) is 0. The lowest BCUT2D eigenvalue weighted by atomic mass is 9.90. The molecule has 0 aromatic rings. The summed E-state index contributed by atoms with van der Waals surface area (Å²) in [5.74, 6) is -2.84. The van der Waals surface area contributed by atoms with E-state index in [9.17, 15) is 8.78 Å². The predicted octanol–water partition coefficient (Wildman–Crippen LogP) is 2.03. The van der Waals surface area contributed by atoms with Crippen LogP contribution in [0.15, 0.2) is 0 Å². The summed E-state index contributed by atoms with van der Waals surface area (Å²) in [6.07, 6.45) is 2.15. The first-order chi connectivity index (χ1) is 5.17. The standard InChI is InChI=1S/C8H15F2N/c1-2-3-7-4-5-11-6-8(7,9)10/h7,11H,2-6H2,1H3. The van der Waals surface area contributed by atoms with Crippen LogP contribution in [0.2, 0.25) is 0 Å². The highest BCUT2D eigenvalue weighted by Crippen LogP contribution is 2.32. The summed E-state index contributed by atoms with van der Waals surface area (Å²) in [4.78, 5) is 0. The van der Waals surface area contributed by atoms with Gasteiger partial charge in [0.2, 0.25) is 0 Å². The van der Waals surface area contributed by atoms with Crippen molar-refractivity contribution in [3.8, 4) is 0 Å². The molecule has 0 amide bonds. The molecule has 0 saturated carbocycles. The van der Waals surface area contributed by atoms with E-state index in [0.717, 1.165) is 13.0 Å². The smallest absolute Gasteiger partial charge is 0.263 e. The number of alkyl halides is 2. The second-order valence-electron chi connectivity index (χ2n) is 3.21. The van der Waals surface area contributed by atoms with E-state index in [4.69, 9.17) is 0 Å². The first-order valence-corrected chi connectivity index (χ1v) is 4.25. The summed E-state index contributed by atoms with van der Waals surface area (Å²) >= 11 is 0. The van der Waals surface area contributed by atoms with Gasteiger partial charge in [-0.15, -0.1) is 0 Å². The Bertz CT molecular complexity index is 123. The highest BCUT2D eigenvalue weighted by atomic mass is 19.3. The summed E-state index contributed by atoms with van der Waals surface area (Å²) in [6.45, 7) is 2.58. The van der Waals surface area contributed by atoms with Crippen molar-refractivity contribution < 1.29 is 8.78 Å². The minimum absolute atomic E-state index is 0.127. The largest absolute Gasteiger partial charge is 0.311 e. The molecular formula is C8H15F2N. The van der Waals surface area contributed by atoms with Gasteiger partial charge in [-0.2, -0.15) is 0 Å². The Hall–Kier alpha value is -0.180. The maximum atomic E-state index is 13.0. The van der Waals surface area contributed by atoms with Crippen molar-refractivity contribution >= 4 is 0 Å². The average molecular weight is 163 g/mol. The molecule has 1 atom stereocenters. The molecule has 0 aliphatic carbocycles. The van der Waals surface area contributed by atoms with Crippen LogP contribution < -0.4 is 5.32 Å². The van der Waals surface area contributed by atoms with Crippen molar-refractivity contribution in [2.24, 2.45) is 5.92 Å². The highest BCUT2D eigenvalue weighted by Gasteiger charge is 2.40. The van der Waals surface area contributed by atoms with Crippen LogP contribution >= 0.6 is 0 Å². The van der Waals surface area contributed by atoms with Crippen LogP contribution in [0.4, 0.5) is 8.78 Å². The number of halogens is 2. The normalized spacial score (nSPS) is 30.3. The monoisotopic (exact) mass is 163 g/mol. The van der Waals surface area contributed by atoms with Gasteiger partial charge in [0.05, 0.1) is 6.54 Å². The Balaban J connectivity index is 2.45. The number of piperidine rings is 1. The lowest BCUT2D eigenvalue weighted by molar-refractivity contribution is -0.0760. The van der Waals surface area contributed by atoms with Gasteiger partial charge < -0.3 is 5.32 Å². The topological polar surface area (TPSA) is 12.0 Å². The van der Waals surface area contributed by atoms with E-state index < -0.39 is 5.92 Å². The van der Waals surface area contributed by atoms with Gasteiger partial charge in [0, 0.05) is 5.92 Å². The molecule has 1 heterocycles. The fourth-order valence-corrected chi connectivity index (χ4v) is 1.59. The molecule has 1 aliphatic heterocycles. The first-order valence-electron chi connectivity index (χ1n) is 4.25. The maximum Gasteiger partial charge on any atom is 0.263 e. The predicted molar refractivity (Wildman–Crippen MR) is 40.8 cm³/mol. The molecule has 0 spiro atoms. The van der Waals surface area contributed by atoms with Crippen LogP contribution in [0, 0.1) is 5.92 Å². The van der Waals surface area contributed by atoms with Crippen molar-refractivity contribution in [2.45, 2.75) is 32.1 Å². The Morgan fingerprint density at radius 1 is 1.55 bits per heavy atom. The molecule has 1 N–H and O–H groups in total. The van der Waals surface area contributed by atoms with E-state index in [-0.39, 0.29) is 12.5 Å². The zero-order valence-electron chi connectivity index (χ0n) is 6.87. The van der Waals surface area contributed by atoms with Gasteiger partial charge in [-0.1, -0.05) is 13.3 Å². The third-order valence-corrected chi connectivity index (χ3v) is 2.26. The second-order valence-corrected chi connectivity index (χ2v) is 3.21. The molecule has 1 rings (SSSR count). The van der Waals surface area contributed by atoms with Gasteiger partial charge in [0.25, 0.3) is 5.92 Å². The second kappa shape index (κ2) is 3.48. The maximum absolute atomic E-state index is 13.0. The fraction of sp³-hybridized carbons (Fsp3) is 1.00. The van der Waals surface area contributed by atoms with Gasteiger partial charge in [-0.3, -0.25) is 0 Å². The summed E-state index contributed by atoms with van der Waals surface area (Å²) in [5, 5.41) is 2.71. The number of rotatable bonds is 2. The number of nitrogens with one attached hydrogen (secondary N) is 1. The molecule has 66 valence electrons. The Labute approximate surface area is 66.2 Å². The third kappa shape index (κ3) is 2.12. The zero-order valence-corrected chi connectivity index (χ0v) is 6.87. The molecule has 3 heteroatoms. The first kappa shape index (κ1) is 8.91. The number of hydrogen-bond donors (Lipinski definition) is 1. The molecule has 1 aliphatic rings. The van der Waals surface area contributed by atoms with E-state index in [1.165, 1.54) is 0 Å². The van der Waals surface area contributed by atoms with Gasteiger partial charge in [-0.05, 0) is 19.4 Å². The molecule has 11 heavy (non-hydrogen) atoms. The Morgan fingerprint density at radius 2 is 2.27 bits per heavy atom. The van der Waals surface area contributed by atoms with Crippen LogP contribution in [-0.4, -0.2) is 19.0 Å². The van der Waals surface area contributed by atoms with Crippen molar-refractivity contribution in [1.29, 1.82) is 0 Å². The van der Waals surface area contributed by atoms with Crippen LogP contribution in [-0.2, 0) is 0 Å². The van der Waals surface area contributed by atoms with Crippen LogP contribution in [0.25, 0.3) is 0 Å². The van der Waals surface area contributed by atoms with E-state index in [0.29, 0.717) is 12.8 Å². The Morgan fingerprint density at radius 3 is 2.82 bits per heavy atom. The zero-order chi connectivity index (χ0) is 8.32. The van der Waals surface area contributed by atoms with E-state index in [1.54, 1.807) is 0 Å². The van der Waals surface area contributed by atoms with Gasteiger partial charge in [0.15, 0.2) is 0 Å². The fourth-order valence-electron chi connectivity index (χ4n) is 1.59. The summed E-state index contributed by atoms with van der Waals surface area (Å²) in [5.41, 5.74) is 0. The molecule has 1 saturated heterocycles. The van der Waals surface area contributed by atoms with E-state index in [2.05, 4.69) is 5.32 Å². The molecule has 1 unspecified atom stereocenters. The quantitative estimate of drug-likeness (QED) is 0.656. The Kier molecular flexibility index (Phi) is 2.82. The summed E-state index contributed by atoms with van der Waals surface area (Å²) in [7, 11) is 0. The number of hydrogen-bond acceptors (Lipinski definition) is 1. The summed E-state index contributed by atoms with van der Waals surface area (Å²) < 4.78 is 26.0. The molecule has 0 aromatic carbocycles. The molecule has 1 fully saturated rings. The van der Waals surface area contributed by atoms with Gasteiger partial charge in [0.1, 0.15) is 0 Å². The van der Waals surface area contributed by atoms with E-state index in [1.807, 2.05) is 6.92 Å². The molecule has 0 aromatic heterocycles. The van der Waals surface area contributed by atoms with Crippen LogP contribution in [0.1, 0.15) is 26.2 Å². The van der Waals surface area contributed by atoms with E-state index >= 15 is 0 Å². The third-order valence-electron chi connectivity index (χ3n) is 2.26. The molecule has 0 bridgehead atoms. The minimum Gasteiger partial charge on any atom is -0.311 e. The van der Waals surface area contributed by atoms with Crippen LogP contribution in [0.5, 0.6) is 0 Å². The van der Waals surface area contributed by atoms with Crippen molar-refractivity contribution in [3.63, 3.8) is 0 Å². The van der Waals surface area contributed by atoms with Crippen LogP contribution in [0.3, 0.4) is 0 Å². The minimum atomic E-state index is -2.46. The highest BCUT2D eigenvalue weighted by molar-refractivity contribution is 4.83. The lowest BCUT2D eigenvalue weighted by Crippen LogP contribution is -2.45. The molecule has 0 radical (unpaired) electrons. The lowest BCUT2D eigenvalue weighted by Gasteiger charge is -2.31. The van der Waals surface area contributed by atoms with Crippen molar-refractivity contribution in [2.75, 3.05) is 13.1 Å². The van der Waals surface area contributed by atoms with Gasteiger partial charge in [-0.25, -0.2) is 8.78 Å². The molecule has 1 nitrogen and oxygen atoms in total. The SMILES string of the molecule is CCCC1CCNCC1(F)F. The average Bonchev–Trinajstić information content (AvgIpc) is 1.94. The van der Waals surface area contributed by atoms with Gasteiger partial charge >= 0.3 is 0 Å².